The molecule has 170 valence electrons. The predicted octanol–water partition coefficient (Wildman–Crippen LogP) is 3.13. The van der Waals surface area contributed by atoms with Crippen LogP contribution in [-0.2, 0) is 9.47 Å². The molecule has 0 aromatic heterocycles. The molecule has 1 aliphatic heterocycles. The number of hydrogen-bond acceptors (Lipinski definition) is 7. The van der Waals surface area contributed by atoms with Gasteiger partial charge < -0.3 is 25.6 Å². The van der Waals surface area contributed by atoms with Crippen LogP contribution in [0.15, 0.2) is 48.5 Å². The standard InChI is InChI=1S/C26H26N2O5/c1-13-7-9-15-14(11-13)8-10-17-20(15)22(29)16-5-4-6-18(21(16)23(17)30)28-26(2)12-19(32-3)33-25(27)24(26)31/h4-11,19,24-25,28,31H,12,27H2,1-3H3/t19-,24+,25-,26-/m1/s1. The molecular formula is C26H26N2O5. The lowest BCUT2D eigenvalue weighted by Gasteiger charge is -2.45. The van der Waals surface area contributed by atoms with E-state index in [4.69, 9.17) is 15.2 Å². The van der Waals surface area contributed by atoms with E-state index in [2.05, 4.69) is 5.32 Å². The summed E-state index contributed by atoms with van der Waals surface area (Å²) in [4.78, 5) is 27.3. The van der Waals surface area contributed by atoms with Crippen LogP contribution in [-0.4, -0.2) is 47.9 Å². The monoisotopic (exact) mass is 446 g/mol. The van der Waals surface area contributed by atoms with Gasteiger partial charge in [0.15, 0.2) is 17.9 Å². The molecule has 7 nitrogen and oxygen atoms in total. The van der Waals surface area contributed by atoms with Gasteiger partial charge in [-0.2, -0.15) is 0 Å². The zero-order valence-corrected chi connectivity index (χ0v) is 18.7. The second kappa shape index (κ2) is 7.74. The highest BCUT2D eigenvalue weighted by molar-refractivity contribution is 6.33. The lowest BCUT2D eigenvalue weighted by Crippen LogP contribution is -2.62. The number of aliphatic hydroxyl groups is 1. The molecular weight excluding hydrogens is 420 g/mol. The minimum absolute atomic E-state index is 0.193. The van der Waals surface area contributed by atoms with E-state index < -0.39 is 24.2 Å². The third-order valence-electron chi connectivity index (χ3n) is 6.73. The Morgan fingerprint density at radius 3 is 2.58 bits per heavy atom. The van der Waals surface area contributed by atoms with Crippen LogP contribution in [0, 0.1) is 6.92 Å². The van der Waals surface area contributed by atoms with E-state index in [0.29, 0.717) is 34.4 Å². The van der Waals surface area contributed by atoms with E-state index in [1.165, 1.54) is 7.11 Å². The van der Waals surface area contributed by atoms with Gasteiger partial charge in [-0.1, -0.05) is 42.0 Å². The smallest absolute Gasteiger partial charge is 0.196 e. The Hall–Kier alpha value is -3.10. The number of carbonyl (C=O) groups is 2. The van der Waals surface area contributed by atoms with Crippen LogP contribution >= 0.6 is 0 Å². The first-order valence-electron chi connectivity index (χ1n) is 10.9. The summed E-state index contributed by atoms with van der Waals surface area (Å²) in [7, 11) is 1.50. The van der Waals surface area contributed by atoms with Gasteiger partial charge in [-0.25, -0.2) is 0 Å². The number of nitrogens with one attached hydrogen (secondary N) is 1. The molecule has 0 unspecified atom stereocenters. The van der Waals surface area contributed by atoms with Crippen molar-refractivity contribution in [2.75, 3.05) is 12.4 Å². The van der Waals surface area contributed by atoms with Gasteiger partial charge in [0.2, 0.25) is 0 Å². The summed E-state index contributed by atoms with van der Waals surface area (Å²) in [6.07, 6.45) is -2.35. The average Bonchev–Trinajstić information content (AvgIpc) is 2.79. The van der Waals surface area contributed by atoms with E-state index >= 15 is 0 Å². The first-order chi connectivity index (χ1) is 15.7. The number of rotatable bonds is 3. The molecule has 4 N–H and O–H groups in total. The number of ketones is 2. The fourth-order valence-electron chi connectivity index (χ4n) is 4.94. The van der Waals surface area contributed by atoms with Crippen molar-refractivity contribution in [2.45, 2.75) is 44.4 Å². The highest BCUT2D eigenvalue weighted by Crippen LogP contribution is 2.38. The predicted molar refractivity (Wildman–Crippen MR) is 125 cm³/mol. The Morgan fingerprint density at radius 2 is 1.82 bits per heavy atom. The molecule has 7 heteroatoms. The lowest BCUT2D eigenvalue weighted by molar-refractivity contribution is -0.227. The Kier molecular flexibility index (Phi) is 5.10. The van der Waals surface area contributed by atoms with Crippen molar-refractivity contribution in [1.29, 1.82) is 0 Å². The molecule has 2 aliphatic rings. The summed E-state index contributed by atoms with van der Waals surface area (Å²) in [5, 5.41) is 15.8. The molecule has 1 aliphatic carbocycles. The van der Waals surface area contributed by atoms with Crippen LogP contribution in [0.4, 0.5) is 5.69 Å². The summed E-state index contributed by atoms with van der Waals surface area (Å²) < 4.78 is 10.8. The maximum Gasteiger partial charge on any atom is 0.196 e. The zero-order chi connectivity index (χ0) is 23.5. The summed E-state index contributed by atoms with van der Waals surface area (Å²) in [6.45, 7) is 3.79. The molecule has 5 rings (SSSR count). The molecule has 0 saturated carbocycles. The topological polar surface area (TPSA) is 111 Å². The van der Waals surface area contributed by atoms with Gasteiger partial charge in [-0.05, 0) is 36.8 Å². The van der Waals surface area contributed by atoms with Gasteiger partial charge >= 0.3 is 0 Å². The molecule has 0 spiro atoms. The van der Waals surface area contributed by atoms with E-state index in [0.717, 1.165) is 16.3 Å². The summed E-state index contributed by atoms with van der Waals surface area (Å²) in [6, 6.07) is 14.6. The van der Waals surface area contributed by atoms with Crippen LogP contribution in [0.2, 0.25) is 0 Å². The number of fused-ring (bicyclic) bond motifs is 4. The molecule has 0 bridgehead atoms. The molecule has 4 atom stereocenters. The molecule has 1 saturated heterocycles. The Balaban J connectivity index is 1.61. The van der Waals surface area contributed by atoms with Crippen molar-refractivity contribution in [1.82, 2.24) is 0 Å². The maximum absolute atomic E-state index is 13.7. The molecule has 1 fully saturated rings. The number of methoxy groups -OCH3 is 1. The second-order valence-electron chi connectivity index (χ2n) is 9.06. The van der Waals surface area contributed by atoms with Gasteiger partial charge in [0, 0.05) is 35.9 Å². The highest BCUT2D eigenvalue weighted by Gasteiger charge is 2.46. The van der Waals surface area contributed by atoms with Crippen molar-refractivity contribution in [3.8, 4) is 0 Å². The summed E-state index contributed by atoms with van der Waals surface area (Å²) >= 11 is 0. The number of carbonyl (C=O) groups excluding carboxylic acids is 2. The van der Waals surface area contributed by atoms with Gasteiger partial charge in [0.25, 0.3) is 0 Å². The minimum atomic E-state index is -1.06. The normalized spacial score (nSPS) is 26.8. The van der Waals surface area contributed by atoms with Crippen molar-refractivity contribution < 1.29 is 24.2 Å². The van der Waals surface area contributed by atoms with Gasteiger partial charge in [0.05, 0.1) is 11.1 Å². The fourth-order valence-corrected chi connectivity index (χ4v) is 4.94. The van der Waals surface area contributed by atoms with Crippen LogP contribution in [0.3, 0.4) is 0 Å². The van der Waals surface area contributed by atoms with Crippen molar-refractivity contribution in [3.63, 3.8) is 0 Å². The van der Waals surface area contributed by atoms with Gasteiger partial charge in [0.1, 0.15) is 12.3 Å². The largest absolute Gasteiger partial charge is 0.387 e. The third kappa shape index (κ3) is 3.36. The lowest BCUT2D eigenvalue weighted by atomic mass is 9.80. The average molecular weight is 447 g/mol. The molecule has 1 heterocycles. The highest BCUT2D eigenvalue weighted by atomic mass is 16.7. The fraction of sp³-hybridized carbons (Fsp3) is 0.308. The minimum Gasteiger partial charge on any atom is -0.387 e. The van der Waals surface area contributed by atoms with E-state index in [1.807, 2.05) is 31.2 Å². The van der Waals surface area contributed by atoms with E-state index in [1.54, 1.807) is 31.2 Å². The molecule has 33 heavy (non-hydrogen) atoms. The van der Waals surface area contributed by atoms with Crippen LogP contribution in [0.5, 0.6) is 0 Å². The first kappa shape index (κ1) is 21.7. The van der Waals surface area contributed by atoms with Crippen LogP contribution in [0.1, 0.15) is 50.8 Å². The number of aryl methyl sites for hydroxylation is 1. The van der Waals surface area contributed by atoms with Gasteiger partial charge in [-0.3, -0.25) is 9.59 Å². The molecule has 0 radical (unpaired) electrons. The van der Waals surface area contributed by atoms with Crippen LogP contribution in [0.25, 0.3) is 10.8 Å². The number of ether oxygens (including phenoxy) is 2. The quantitative estimate of drug-likeness (QED) is 0.443. The maximum atomic E-state index is 13.7. The summed E-state index contributed by atoms with van der Waals surface area (Å²) in [5.74, 6) is -0.426. The van der Waals surface area contributed by atoms with Crippen molar-refractivity contribution in [2.24, 2.45) is 5.73 Å². The number of anilines is 1. The number of aliphatic hydroxyl groups excluding tert-OH is 1. The third-order valence-corrected chi connectivity index (χ3v) is 6.73. The molecule has 3 aromatic rings. The van der Waals surface area contributed by atoms with Gasteiger partial charge in [-0.15, -0.1) is 0 Å². The SMILES string of the molecule is CO[C@H]1C[C@@](C)(Nc2cccc3c2C(=O)c2ccc4cc(C)ccc4c2C3=O)[C@@H](O)[C@H](N)O1. The van der Waals surface area contributed by atoms with E-state index in [9.17, 15) is 14.7 Å². The van der Waals surface area contributed by atoms with E-state index in [-0.39, 0.29) is 11.6 Å². The Bertz CT molecular complexity index is 1300. The Morgan fingerprint density at radius 1 is 1.09 bits per heavy atom. The zero-order valence-electron chi connectivity index (χ0n) is 18.7. The number of nitrogens with two attached hydrogens (primary N) is 1. The second-order valence-corrected chi connectivity index (χ2v) is 9.06. The number of benzene rings is 3. The summed E-state index contributed by atoms with van der Waals surface area (Å²) in [5.41, 5.74) is 8.01. The Labute approximate surface area is 191 Å². The van der Waals surface area contributed by atoms with Crippen LogP contribution < -0.4 is 11.1 Å². The van der Waals surface area contributed by atoms with Crippen molar-refractivity contribution >= 4 is 28.0 Å². The molecule has 3 aromatic carbocycles. The first-order valence-corrected chi connectivity index (χ1v) is 10.9. The van der Waals surface area contributed by atoms with Crippen molar-refractivity contribution in [3.05, 3.63) is 76.3 Å². The molecule has 0 amide bonds. The number of hydrogen-bond donors (Lipinski definition) is 3.